The fourth-order valence-corrected chi connectivity index (χ4v) is 2.68. The predicted molar refractivity (Wildman–Crippen MR) is 111 cm³/mol. The number of amides is 1. The highest BCUT2D eigenvalue weighted by atomic mass is 127. The zero-order valence-electron chi connectivity index (χ0n) is 15.1. The summed E-state index contributed by atoms with van der Waals surface area (Å²) in [6, 6.07) is 8.39. The van der Waals surface area contributed by atoms with Crippen molar-refractivity contribution < 1.29 is 9.53 Å². The molecule has 0 atom stereocenters. The zero-order chi connectivity index (χ0) is 17.2. The number of nitrogens with one attached hydrogen (secondary N) is 2. The maximum absolute atomic E-state index is 11.7. The summed E-state index contributed by atoms with van der Waals surface area (Å²) in [6.45, 7) is 3.89. The van der Waals surface area contributed by atoms with Crippen molar-refractivity contribution in [2.24, 2.45) is 4.99 Å². The fraction of sp³-hybridized carbons (Fsp3) is 0.556. The average molecular weight is 460 g/mol. The van der Waals surface area contributed by atoms with E-state index in [0.29, 0.717) is 13.0 Å². The molecule has 140 valence electrons. The van der Waals surface area contributed by atoms with Gasteiger partial charge in [-0.1, -0.05) is 24.3 Å². The number of benzene rings is 1. The van der Waals surface area contributed by atoms with E-state index < -0.39 is 0 Å². The van der Waals surface area contributed by atoms with Gasteiger partial charge in [0.05, 0.1) is 0 Å². The molecule has 6 nitrogen and oxygen atoms in total. The van der Waals surface area contributed by atoms with Gasteiger partial charge in [0.15, 0.2) is 5.96 Å². The van der Waals surface area contributed by atoms with Crippen LogP contribution >= 0.6 is 24.0 Å². The lowest BCUT2D eigenvalue weighted by Crippen LogP contribution is -2.37. The first-order valence-electron chi connectivity index (χ1n) is 8.52. The molecule has 1 aliphatic heterocycles. The molecule has 1 amide bonds. The second kappa shape index (κ2) is 12.1. The number of aliphatic imine (C=N–C) groups is 1. The molecule has 0 aromatic heterocycles. The summed E-state index contributed by atoms with van der Waals surface area (Å²) >= 11 is 0. The van der Waals surface area contributed by atoms with Crippen molar-refractivity contribution in [1.82, 2.24) is 15.5 Å². The van der Waals surface area contributed by atoms with Crippen molar-refractivity contribution in [3.63, 3.8) is 0 Å². The highest BCUT2D eigenvalue weighted by Gasteiger charge is 2.19. The predicted octanol–water partition coefficient (Wildman–Crippen LogP) is 2.13. The monoisotopic (exact) mass is 460 g/mol. The smallest absolute Gasteiger partial charge is 0.222 e. The highest BCUT2D eigenvalue weighted by Crippen LogP contribution is 2.14. The van der Waals surface area contributed by atoms with Gasteiger partial charge in [-0.05, 0) is 24.0 Å². The lowest BCUT2D eigenvalue weighted by molar-refractivity contribution is -0.128. The van der Waals surface area contributed by atoms with Crippen molar-refractivity contribution in [1.29, 1.82) is 0 Å². The number of rotatable bonds is 8. The second-order valence-corrected chi connectivity index (χ2v) is 5.93. The number of nitrogens with zero attached hydrogens (tertiary/aromatic N) is 2. The van der Waals surface area contributed by atoms with Gasteiger partial charge < -0.3 is 20.3 Å². The normalized spacial score (nSPS) is 14.4. The molecule has 0 spiro atoms. The minimum Gasteiger partial charge on any atom is -0.385 e. The van der Waals surface area contributed by atoms with E-state index in [-0.39, 0.29) is 29.9 Å². The Morgan fingerprint density at radius 2 is 1.96 bits per heavy atom. The number of carbonyl (C=O) groups is 1. The first kappa shape index (κ1) is 21.7. The lowest BCUT2D eigenvalue weighted by atomic mass is 10.1. The molecular formula is C18H29IN4O2. The molecule has 0 radical (unpaired) electrons. The summed E-state index contributed by atoms with van der Waals surface area (Å²) in [5.41, 5.74) is 2.36. The van der Waals surface area contributed by atoms with Crippen molar-refractivity contribution >= 4 is 35.8 Å². The van der Waals surface area contributed by atoms with E-state index in [1.54, 1.807) is 14.2 Å². The summed E-state index contributed by atoms with van der Waals surface area (Å²) in [7, 11) is 3.47. The number of hydrogen-bond donors (Lipinski definition) is 2. The van der Waals surface area contributed by atoms with Crippen molar-refractivity contribution in [3.8, 4) is 0 Å². The number of ether oxygens (including phenoxy) is 1. The van der Waals surface area contributed by atoms with Crippen LogP contribution in [0, 0.1) is 0 Å². The summed E-state index contributed by atoms with van der Waals surface area (Å²) in [4.78, 5) is 17.8. The summed E-state index contributed by atoms with van der Waals surface area (Å²) < 4.78 is 5.03. The number of halogens is 1. The molecule has 2 rings (SSSR count). The maximum Gasteiger partial charge on any atom is 0.222 e. The topological polar surface area (TPSA) is 66.0 Å². The maximum atomic E-state index is 11.7. The Labute approximate surface area is 167 Å². The SMILES string of the molecule is CN=C(NCCCOC)NCc1ccc(CN2CCCC2=O)cc1.I. The molecule has 25 heavy (non-hydrogen) atoms. The van der Waals surface area contributed by atoms with Gasteiger partial charge in [0.1, 0.15) is 0 Å². The van der Waals surface area contributed by atoms with Crippen LogP contribution in [0.15, 0.2) is 29.3 Å². The van der Waals surface area contributed by atoms with Crippen LogP contribution in [0.4, 0.5) is 0 Å². The zero-order valence-corrected chi connectivity index (χ0v) is 17.4. The minimum absolute atomic E-state index is 0. The molecule has 1 aromatic carbocycles. The summed E-state index contributed by atoms with van der Waals surface area (Å²) in [5.74, 6) is 1.06. The molecule has 7 heteroatoms. The second-order valence-electron chi connectivity index (χ2n) is 5.93. The number of hydrogen-bond acceptors (Lipinski definition) is 3. The van der Waals surface area contributed by atoms with Crippen LogP contribution in [0.2, 0.25) is 0 Å². The van der Waals surface area contributed by atoms with Crippen molar-refractivity contribution in [2.75, 3.05) is 33.9 Å². The fourth-order valence-electron chi connectivity index (χ4n) is 2.68. The van der Waals surface area contributed by atoms with Crippen LogP contribution in [-0.2, 0) is 22.6 Å². The Hall–Kier alpha value is -1.35. The van der Waals surface area contributed by atoms with E-state index in [4.69, 9.17) is 4.74 Å². The number of carbonyl (C=O) groups excluding carboxylic acids is 1. The van der Waals surface area contributed by atoms with E-state index in [2.05, 4.69) is 39.9 Å². The number of methoxy groups -OCH3 is 1. The molecular weight excluding hydrogens is 431 g/mol. The van der Waals surface area contributed by atoms with E-state index in [9.17, 15) is 4.79 Å². The van der Waals surface area contributed by atoms with Gasteiger partial charge in [-0.25, -0.2) is 0 Å². The molecule has 1 fully saturated rings. The Morgan fingerprint density at radius 3 is 2.56 bits per heavy atom. The standard InChI is InChI=1S/C18H28N4O2.HI/c1-19-18(20-10-4-12-24-2)21-13-15-6-8-16(9-7-15)14-22-11-3-5-17(22)23;/h6-9H,3-5,10-14H2,1-2H3,(H2,19,20,21);1H. The van der Waals surface area contributed by atoms with Gasteiger partial charge in [0.25, 0.3) is 0 Å². The van der Waals surface area contributed by atoms with Crippen LogP contribution in [0.25, 0.3) is 0 Å². The minimum atomic E-state index is 0. The Balaban J connectivity index is 0.00000312. The molecule has 1 aliphatic rings. The van der Waals surface area contributed by atoms with Gasteiger partial charge in [0.2, 0.25) is 5.91 Å². The molecule has 0 bridgehead atoms. The van der Waals surface area contributed by atoms with Crippen LogP contribution in [0.5, 0.6) is 0 Å². The summed E-state index contributed by atoms with van der Waals surface area (Å²) in [6.07, 6.45) is 2.62. The first-order valence-corrected chi connectivity index (χ1v) is 8.52. The molecule has 0 aliphatic carbocycles. The van der Waals surface area contributed by atoms with Gasteiger partial charge in [0, 0.05) is 53.4 Å². The highest BCUT2D eigenvalue weighted by molar-refractivity contribution is 14.0. The van der Waals surface area contributed by atoms with Crippen molar-refractivity contribution in [2.45, 2.75) is 32.4 Å². The van der Waals surface area contributed by atoms with E-state index in [1.807, 2.05) is 4.90 Å². The van der Waals surface area contributed by atoms with Crippen LogP contribution in [0.3, 0.4) is 0 Å². The molecule has 1 aromatic rings. The van der Waals surface area contributed by atoms with Crippen LogP contribution in [-0.4, -0.2) is 50.6 Å². The number of likely N-dealkylation sites (tertiary alicyclic amines) is 1. The Morgan fingerprint density at radius 1 is 1.24 bits per heavy atom. The molecule has 1 heterocycles. The lowest BCUT2D eigenvalue weighted by Gasteiger charge is -2.16. The van der Waals surface area contributed by atoms with Crippen LogP contribution < -0.4 is 10.6 Å². The van der Waals surface area contributed by atoms with Gasteiger partial charge in [-0.2, -0.15) is 0 Å². The largest absolute Gasteiger partial charge is 0.385 e. The Bertz CT molecular complexity index is 549. The average Bonchev–Trinajstić information content (AvgIpc) is 3.00. The van der Waals surface area contributed by atoms with Gasteiger partial charge in [-0.3, -0.25) is 9.79 Å². The molecule has 0 saturated carbocycles. The van der Waals surface area contributed by atoms with Gasteiger partial charge >= 0.3 is 0 Å². The van der Waals surface area contributed by atoms with E-state index in [0.717, 1.165) is 45.0 Å². The summed E-state index contributed by atoms with van der Waals surface area (Å²) in [5, 5.41) is 6.55. The molecule has 2 N–H and O–H groups in total. The quantitative estimate of drug-likeness (QED) is 0.270. The third kappa shape index (κ3) is 7.60. The third-order valence-electron chi connectivity index (χ3n) is 4.07. The number of guanidine groups is 1. The van der Waals surface area contributed by atoms with Crippen LogP contribution in [0.1, 0.15) is 30.4 Å². The van der Waals surface area contributed by atoms with Gasteiger partial charge in [-0.15, -0.1) is 24.0 Å². The Kier molecular flexibility index (Phi) is 10.5. The molecule has 1 saturated heterocycles. The third-order valence-corrected chi connectivity index (χ3v) is 4.07. The van der Waals surface area contributed by atoms with E-state index >= 15 is 0 Å². The first-order chi connectivity index (χ1) is 11.7. The van der Waals surface area contributed by atoms with Crippen molar-refractivity contribution in [3.05, 3.63) is 35.4 Å². The van der Waals surface area contributed by atoms with E-state index in [1.165, 1.54) is 11.1 Å². The molecule has 0 unspecified atom stereocenters.